The van der Waals surface area contributed by atoms with Gasteiger partial charge in [-0.05, 0) is 68.9 Å². The average Bonchev–Trinajstić information content (AvgIpc) is 3.51. The number of aromatic nitrogens is 3. The molecule has 1 aliphatic rings. The van der Waals surface area contributed by atoms with Crippen LogP contribution in [0.3, 0.4) is 0 Å². The summed E-state index contributed by atoms with van der Waals surface area (Å²) in [7, 11) is -5.47. The minimum absolute atomic E-state index is 0.0881. The Labute approximate surface area is 254 Å². The lowest BCUT2D eigenvalue weighted by atomic mass is 10.1. The molecule has 42 heavy (non-hydrogen) atoms. The first-order chi connectivity index (χ1) is 19.7. The summed E-state index contributed by atoms with van der Waals surface area (Å²) in [5, 5.41) is 8.99. The number of ether oxygens (including phenoxy) is 3. The fourth-order valence-electron chi connectivity index (χ4n) is 4.42. The van der Waals surface area contributed by atoms with Crippen LogP contribution in [0.1, 0.15) is 64.6 Å². The minimum atomic E-state index is -3.46. The van der Waals surface area contributed by atoms with Crippen LogP contribution in [0, 0.1) is 0 Å². The van der Waals surface area contributed by atoms with Gasteiger partial charge < -0.3 is 18.6 Å². The molecule has 0 aliphatic carbocycles. The van der Waals surface area contributed by atoms with Gasteiger partial charge in [-0.15, -0.1) is 11.3 Å². The Hall–Kier alpha value is -1.87. The Bertz CT molecular complexity index is 1430. The molecular formula is C29H45N3O7S2Si. The smallest absolute Gasteiger partial charge is 0.264 e. The van der Waals surface area contributed by atoms with Gasteiger partial charge >= 0.3 is 0 Å². The largest absolute Gasteiger partial charge is 0.543 e. The van der Waals surface area contributed by atoms with Crippen LogP contribution in [-0.4, -0.2) is 70.3 Å². The molecule has 3 heterocycles. The van der Waals surface area contributed by atoms with E-state index < -0.39 is 24.5 Å². The molecular weight excluding hydrogens is 595 g/mol. The van der Waals surface area contributed by atoms with E-state index in [2.05, 4.69) is 52.1 Å². The summed E-state index contributed by atoms with van der Waals surface area (Å²) in [6, 6.07) is 6.25. The fraction of sp³-hybridized carbons (Fsp3) is 0.655. The van der Waals surface area contributed by atoms with Crippen LogP contribution in [0.25, 0.3) is 22.3 Å². The molecule has 1 fully saturated rings. The van der Waals surface area contributed by atoms with Gasteiger partial charge in [0.25, 0.3) is 10.1 Å². The third-order valence-corrected chi connectivity index (χ3v) is 13.5. The molecule has 0 bridgehead atoms. The lowest BCUT2D eigenvalue weighted by Crippen LogP contribution is -2.43. The van der Waals surface area contributed by atoms with Gasteiger partial charge in [0.15, 0.2) is 6.23 Å². The highest BCUT2D eigenvalue weighted by Gasteiger charge is 2.39. The van der Waals surface area contributed by atoms with Crippen molar-refractivity contribution in [3.05, 3.63) is 28.6 Å². The van der Waals surface area contributed by atoms with Gasteiger partial charge in [0.05, 0.1) is 37.7 Å². The van der Waals surface area contributed by atoms with E-state index in [9.17, 15) is 8.42 Å². The maximum absolute atomic E-state index is 11.2. The molecule has 2 atom stereocenters. The number of rotatable bonds is 14. The zero-order valence-electron chi connectivity index (χ0n) is 25.8. The van der Waals surface area contributed by atoms with Crippen LogP contribution < -0.4 is 4.43 Å². The summed E-state index contributed by atoms with van der Waals surface area (Å²) in [6.45, 7) is 15.2. The van der Waals surface area contributed by atoms with Gasteiger partial charge in [0, 0.05) is 24.0 Å². The molecule has 0 amide bonds. The molecule has 1 aliphatic heterocycles. The molecule has 1 aromatic carbocycles. The lowest BCUT2D eigenvalue weighted by Gasteiger charge is -2.36. The van der Waals surface area contributed by atoms with E-state index in [4.69, 9.17) is 32.9 Å². The van der Waals surface area contributed by atoms with Crippen LogP contribution in [0.5, 0.6) is 5.75 Å². The Kier molecular flexibility index (Phi) is 10.9. The van der Waals surface area contributed by atoms with Crippen molar-refractivity contribution in [2.75, 3.05) is 32.7 Å². The number of thiazole rings is 1. The van der Waals surface area contributed by atoms with Crippen molar-refractivity contribution in [2.45, 2.75) is 90.4 Å². The summed E-state index contributed by atoms with van der Waals surface area (Å²) in [5.74, 6) is 0.857. The minimum Gasteiger partial charge on any atom is -0.543 e. The van der Waals surface area contributed by atoms with Gasteiger partial charge in [-0.1, -0.05) is 20.8 Å². The van der Waals surface area contributed by atoms with E-state index in [1.807, 2.05) is 10.1 Å². The van der Waals surface area contributed by atoms with Crippen LogP contribution >= 0.6 is 11.3 Å². The molecule has 13 heteroatoms. The topological polar surface area (TPSA) is 111 Å². The van der Waals surface area contributed by atoms with Crippen LogP contribution in [0.4, 0.5) is 0 Å². The summed E-state index contributed by atoms with van der Waals surface area (Å²) < 4.78 is 53.3. The second kappa shape index (κ2) is 13.8. The molecule has 0 N–H and O–H groups in total. The molecule has 1 unspecified atom stereocenters. The molecule has 10 nitrogen and oxygen atoms in total. The van der Waals surface area contributed by atoms with E-state index in [0.29, 0.717) is 32.8 Å². The Morgan fingerprint density at radius 3 is 2.62 bits per heavy atom. The average molecular weight is 640 g/mol. The Morgan fingerprint density at radius 1 is 1.17 bits per heavy atom. The first kappa shape index (κ1) is 33.0. The molecule has 0 spiro atoms. The van der Waals surface area contributed by atoms with Crippen molar-refractivity contribution < 1.29 is 31.2 Å². The highest BCUT2D eigenvalue weighted by atomic mass is 32.2. The van der Waals surface area contributed by atoms with Crippen LogP contribution in [0.2, 0.25) is 18.1 Å². The molecule has 234 valence electrons. The second-order valence-electron chi connectivity index (χ2n) is 12.3. The molecule has 4 rings (SSSR count). The van der Waals surface area contributed by atoms with E-state index in [1.165, 1.54) is 11.3 Å². The van der Waals surface area contributed by atoms with Gasteiger partial charge in [-0.3, -0.25) is 4.18 Å². The first-order valence-corrected chi connectivity index (χ1v) is 20.2. The van der Waals surface area contributed by atoms with Gasteiger partial charge in [0.1, 0.15) is 22.1 Å². The molecule has 1 saturated heterocycles. The number of nitrogens with zero attached hydrogens (tertiary/aromatic N) is 3. The van der Waals surface area contributed by atoms with Crippen molar-refractivity contribution in [3.63, 3.8) is 0 Å². The standard InChI is InChI=1S/C29H45N3O7S2Si/c1-21(38-41(5,33)34)13-15-35-16-17-36-19-26-30-24(20-40-26)28-23-18-22(39-42(6,7)29(2,3)4)11-12-25(23)32(31-28)27-10-8-9-14-37-27/h11-12,18,20-21,27H,8-10,13-17,19H2,1-7H3/t21-,27?/m1/s1. The van der Waals surface area contributed by atoms with Gasteiger partial charge in [0.2, 0.25) is 8.32 Å². The summed E-state index contributed by atoms with van der Waals surface area (Å²) in [4.78, 5) is 4.85. The number of hydrogen-bond donors (Lipinski definition) is 0. The third-order valence-electron chi connectivity index (χ3n) is 7.69. The van der Waals surface area contributed by atoms with Crippen LogP contribution in [0.15, 0.2) is 23.6 Å². The summed E-state index contributed by atoms with van der Waals surface area (Å²) >= 11 is 1.54. The molecule has 0 radical (unpaired) electrons. The number of benzene rings is 1. The van der Waals surface area contributed by atoms with Crippen molar-refractivity contribution in [1.82, 2.24) is 14.8 Å². The quantitative estimate of drug-likeness (QED) is 0.110. The SMILES string of the molecule is C[C@H](CCOCCOCc1nc(-c2nn(C3CCCCO3)c3ccc(O[Si](C)(C)C(C)(C)C)cc23)cs1)OS(C)(=O)=O. The summed E-state index contributed by atoms with van der Waals surface area (Å²) in [5.41, 5.74) is 2.63. The molecule has 2 aromatic heterocycles. The van der Waals surface area contributed by atoms with Crippen molar-refractivity contribution in [3.8, 4) is 17.1 Å². The van der Waals surface area contributed by atoms with E-state index >= 15 is 0 Å². The Balaban J connectivity index is 1.43. The zero-order chi connectivity index (χ0) is 30.5. The maximum Gasteiger partial charge on any atom is 0.264 e. The first-order valence-electron chi connectivity index (χ1n) is 14.5. The van der Waals surface area contributed by atoms with E-state index in [0.717, 1.165) is 65.2 Å². The van der Waals surface area contributed by atoms with Gasteiger partial charge in [-0.2, -0.15) is 13.5 Å². The lowest BCUT2D eigenvalue weighted by molar-refractivity contribution is -0.0365. The second-order valence-corrected chi connectivity index (χ2v) is 19.6. The Morgan fingerprint density at radius 2 is 1.93 bits per heavy atom. The third kappa shape index (κ3) is 8.83. The normalized spacial score (nSPS) is 17.5. The predicted molar refractivity (Wildman–Crippen MR) is 168 cm³/mol. The zero-order valence-corrected chi connectivity index (χ0v) is 28.5. The van der Waals surface area contributed by atoms with Crippen LogP contribution in [-0.2, 0) is 35.1 Å². The maximum atomic E-state index is 11.2. The van der Waals surface area contributed by atoms with Crippen molar-refractivity contribution >= 4 is 40.7 Å². The van der Waals surface area contributed by atoms with E-state index in [1.54, 1.807) is 6.92 Å². The monoisotopic (exact) mass is 639 g/mol. The molecule has 0 saturated carbocycles. The number of fused-ring (bicyclic) bond motifs is 1. The number of hydrogen-bond acceptors (Lipinski definition) is 10. The molecule has 3 aromatic rings. The fourth-order valence-corrected chi connectivity index (χ4v) is 6.85. The van der Waals surface area contributed by atoms with Gasteiger partial charge in [-0.25, -0.2) is 9.67 Å². The van der Waals surface area contributed by atoms with E-state index in [-0.39, 0.29) is 11.3 Å². The highest BCUT2D eigenvalue weighted by molar-refractivity contribution is 7.86. The summed E-state index contributed by atoms with van der Waals surface area (Å²) in [6.07, 6.45) is 4.13. The van der Waals surface area contributed by atoms with Crippen molar-refractivity contribution in [2.24, 2.45) is 0 Å². The predicted octanol–water partition coefficient (Wildman–Crippen LogP) is 6.53. The highest BCUT2D eigenvalue weighted by Crippen LogP contribution is 2.40. The van der Waals surface area contributed by atoms with Crippen molar-refractivity contribution in [1.29, 1.82) is 0 Å².